The van der Waals surface area contributed by atoms with Gasteiger partial charge in [0.15, 0.2) is 0 Å². The van der Waals surface area contributed by atoms with Crippen molar-refractivity contribution in [1.82, 2.24) is 4.98 Å². The number of anilines is 1. The molecule has 0 aliphatic carbocycles. The Morgan fingerprint density at radius 1 is 1.18 bits per heavy atom. The molecule has 0 unspecified atom stereocenters. The zero-order chi connectivity index (χ0) is 12.1. The summed E-state index contributed by atoms with van der Waals surface area (Å²) in [6.07, 6.45) is 1.78. The zero-order valence-corrected chi connectivity index (χ0v) is 10.1. The number of nitrogens with one attached hydrogen (secondary N) is 1. The van der Waals surface area contributed by atoms with Crippen LogP contribution in [-0.4, -0.2) is 4.98 Å². The van der Waals surface area contributed by atoms with Crippen molar-refractivity contribution in [3.05, 3.63) is 58.9 Å². The van der Waals surface area contributed by atoms with Crippen LogP contribution in [-0.2, 0) is 13.1 Å². The standard InChI is InChI=1S/C13H14ClN3/c14-11-1-3-12(4-2-11)17-9-10-5-6-16-13(7-10)8-15/h1-7,17H,8-9,15H2. The Morgan fingerprint density at radius 3 is 2.65 bits per heavy atom. The molecule has 0 spiro atoms. The highest BCUT2D eigenvalue weighted by molar-refractivity contribution is 6.30. The highest BCUT2D eigenvalue weighted by Gasteiger charge is 1.96. The van der Waals surface area contributed by atoms with Gasteiger partial charge in [-0.2, -0.15) is 0 Å². The van der Waals surface area contributed by atoms with E-state index in [0.717, 1.165) is 28.5 Å². The van der Waals surface area contributed by atoms with Crippen molar-refractivity contribution in [3.8, 4) is 0 Å². The van der Waals surface area contributed by atoms with Crippen molar-refractivity contribution in [2.75, 3.05) is 5.32 Å². The summed E-state index contributed by atoms with van der Waals surface area (Å²) in [4.78, 5) is 4.15. The molecular weight excluding hydrogens is 234 g/mol. The molecule has 88 valence electrons. The Labute approximate surface area is 106 Å². The van der Waals surface area contributed by atoms with Gasteiger partial charge in [-0.1, -0.05) is 11.6 Å². The predicted molar refractivity (Wildman–Crippen MR) is 70.9 cm³/mol. The maximum absolute atomic E-state index is 5.82. The summed E-state index contributed by atoms with van der Waals surface area (Å²) in [5, 5.41) is 4.05. The Bertz CT molecular complexity index is 482. The molecule has 2 aromatic rings. The minimum atomic E-state index is 0.467. The molecule has 3 N–H and O–H groups in total. The van der Waals surface area contributed by atoms with Crippen LogP contribution < -0.4 is 11.1 Å². The number of nitrogens with zero attached hydrogens (tertiary/aromatic N) is 1. The maximum Gasteiger partial charge on any atom is 0.0542 e. The third kappa shape index (κ3) is 3.44. The minimum Gasteiger partial charge on any atom is -0.381 e. The second kappa shape index (κ2) is 5.66. The molecule has 0 amide bonds. The van der Waals surface area contributed by atoms with Crippen LogP contribution in [0.3, 0.4) is 0 Å². The molecule has 0 fully saturated rings. The van der Waals surface area contributed by atoms with E-state index in [-0.39, 0.29) is 0 Å². The number of rotatable bonds is 4. The Morgan fingerprint density at radius 2 is 1.94 bits per heavy atom. The van der Waals surface area contributed by atoms with Gasteiger partial charge in [-0.15, -0.1) is 0 Å². The molecule has 0 aliphatic rings. The minimum absolute atomic E-state index is 0.467. The molecule has 0 atom stereocenters. The number of benzene rings is 1. The van der Waals surface area contributed by atoms with E-state index in [0.29, 0.717) is 6.54 Å². The van der Waals surface area contributed by atoms with Gasteiger partial charge in [-0.25, -0.2) is 0 Å². The van der Waals surface area contributed by atoms with E-state index >= 15 is 0 Å². The molecule has 1 aromatic carbocycles. The lowest BCUT2D eigenvalue weighted by molar-refractivity contribution is 0.973. The van der Waals surface area contributed by atoms with Crippen LogP contribution in [0.5, 0.6) is 0 Å². The molecule has 0 bridgehead atoms. The van der Waals surface area contributed by atoms with Crippen LogP contribution in [0, 0.1) is 0 Å². The monoisotopic (exact) mass is 247 g/mol. The first-order valence-electron chi connectivity index (χ1n) is 5.41. The quantitative estimate of drug-likeness (QED) is 0.874. The normalized spacial score (nSPS) is 10.2. The molecule has 3 nitrogen and oxygen atoms in total. The molecule has 0 aliphatic heterocycles. The lowest BCUT2D eigenvalue weighted by atomic mass is 10.2. The number of hydrogen-bond donors (Lipinski definition) is 2. The molecular formula is C13H14ClN3. The second-order valence-corrected chi connectivity index (χ2v) is 4.16. The number of halogens is 1. The molecule has 1 heterocycles. The van der Waals surface area contributed by atoms with Crippen LogP contribution in [0.15, 0.2) is 42.6 Å². The first-order chi connectivity index (χ1) is 8.28. The van der Waals surface area contributed by atoms with Crippen LogP contribution in [0.25, 0.3) is 0 Å². The van der Waals surface area contributed by atoms with Crippen molar-refractivity contribution >= 4 is 17.3 Å². The van der Waals surface area contributed by atoms with E-state index in [1.165, 1.54) is 0 Å². The first-order valence-corrected chi connectivity index (χ1v) is 5.79. The fourth-order valence-corrected chi connectivity index (χ4v) is 1.65. The summed E-state index contributed by atoms with van der Waals surface area (Å²) in [6.45, 7) is 1.21. The summed E-state index contributed by atoms with van der Waals surface area (Å²) in [5.74, 6) is 0. The number of hydrogen-bond acceptors (Lipinski definition) is 3. The van der Waals surface area contributed by atoms with Gasteiger partial charge < -0.3 is 11.1 Å². The van der Waals surface area contributed by atoms with E-state index in [4.69, 9.17) is 17.3 Å². The summed E-state index contributed by atoms with van der Waals surface area (Å²) in [7, 11) is 0. The Kier molecular flexibility index (Phi) is 3.96. The molecule has 1 aromatic heterocycles. The van der Waals surface area contributed by atoms with Crippen molar-refractivity contribution in [1.29, 1.82) is 0 Å². The SMILES string of the molecule is NCc1cc(CNc2ccc(Cl)cc2)ccn1. The fourth-order valence-electron chi connectivity index (χ4n) is 1.52. The van der Waals surface area contributed by atoms with E-state index < -0.39 is 0 Å². The summed E-state index contributed by atoms with van der Waals surface area (Å²) >= 11 is 5.82. The first kappa shape index (κ1) is 11.9. The van der Waals surface area contributed by atoms with Crippen LogP contribution >= 0.6 is 11.6 Å². The summed E-state index contributed by atoms with van der Waals surface area (Å²) < 4.78 is 0. The molecule has 2 rings (SSSR count). The largest absolute Gasteiger partial charge is 0.381 e. The van der Waals surface area contributed by atoms with Gasteiger partial charge in [0.25, 0.3) is 0 Å². The van der Waals surface area contributed by atoms with Gasteiger partial charge in [0.2, 0.25) is 0 Å². The summed E-state index contributed by atoms with van der Waals surface area (Å²) in [5.41, 5.74) is 8.65. The van der Waals surface area contributed by atoms with Crippen LogP contribution in [0.4, 0.5) is 5.69 Å². The van der Waals surface area contributed by atoms with Gasteiger partial charge in [0, 0.05) is 30.0 Å². The molecule has 0 radical (unpaired) electrons. The third-order valence-corrected chi connectivity index (χ3v) is 2.68. The lowest BCUT2D eigenvalue weighted by Gasteiger charge is -2.07. The smallest absolute Gasteiger partial charge is 0.0542 e. The highest BCUT2D eigenvalue weighted by atomic mass is 35.5. The molecule has 17 heavy (non-hydrogen) atoms. The number of nitrogens with two attached hydrogens (primary N) is 1. The van der Waals surface area contributed by atoms with Gasteiger partial charge in [-0.05, 0) is 42.0 Å². The van der Waals surface area contributed by atoms with E-state index in [2.05, 4.69) is 10.3 Å². The van der Waals surface area contributed by atoms with Gasteiger partial charge in [-0.3, -0.25) is 4.98 Å². The fraction of sp³-hybridized carbons (Fsp3) is 0.154. The molecule has 0 saturated carbocycles. The van der Waals surface area contributed by atoms with Crippen molar-refractivity contribution in [2.45, 2.75) is 13.1 Å². The van der Waals surface area contributed by atoms with Gasteiger partial charge in [0.05, 0.1) is 5.69 Å². The maximum atomic E-state index is 5.82. The number of aromatic nitrogens is 1. The lowest BCUT2D eigenvalue weighted by Crippen LogP contribution is -2.03. The van der Waals surface area contributed by atoms with Gasteiger partial charge >= 0.3 is 0 Å². The topological polar surface area (TPSA) is 50.9 Å². The zero-order valence-electron chi connectivity index (χ0n) is 9.36. The van der Waals surface area contributed by atoms with Crippen molar-refractivity contribution in [3.63, 3.8) is 0 Å². The van der Waals surface area contributed by atoms with Crippen LogP contribution in [0.1, 0.15) is 11.3 Å². The average Bonchev–Trinajstić information content (AvgIpc) is 2.38. The molecule has 0 saturated heterocycles. The predicted octanol–water partition coefficient (Wildman–Crippen LogP) is 2.81. The Balaban J connectivity index is 1.99. The highest BCUT2D eigenvalue weighted by Crippen LogP contribution is 2.14. The number of pyridine rings is 1. The average molecular weight is 248 g/mol. The molecule has 4 heteroatoms. The Hall–Kier alpha value is -1.58. The van der Waals surface area contributed by atoms with E-state index in [1.807, 2.05) is 36.4 Å². The van der Waals surface area contributed by atoms with E-state index in [9.17, 15) is 0 Å². The van der Waals surface area contributed by atoms with Gasteiger partial charge in [0.1, 0.15) is 0 Å². The van der Waals surface area contributed by atoms with Crippen LogP contribution in [0.2, 0.25) is 5.02 Å². The van der Waals surface area contributed by atoms with Crippen molar-refractivity contribution < 1.29 is 0 Å². The third-order valence-electron chi connectivity index (χ3n) is 2.43. The van der Waals surface area contributed by atoms with E-state index in [1.54, 1.807) is 6.20 Å². The van der Waals surface area contributed by atoms with Crippen molar-refractivity contribution in [2.24, 2.45) is 5.73 Å². The second-order valence-electron chi connectivity index (χ2n) is 3.72. The summed E-state index contributed by atoms with van der Waals surface area (Å²) in [6, 6.07) is 11.6.